The van der Waals surface area contributed by atoms with Gasteiger partial charge in [0.25, 0.3) is 0 Å². The minimum absolute atomic E-state index is 0.284. The molecular formula is C18H18O2. The first-order valence-corrected chi connectivity index (χ1v) is 6.75. The summed E-state index contributed by atoms with van der Waals surface area (Å²) in [6, 6.07) is 14.4. The first-order valence-electron chi connectivity index (χ1n) is 6.75. The molecule has 0 amide bonds. The maximum absolute atomic E-state index is 6.06. The second-order valence-electron chi connectivity index (χ2n) is 5.50. The van der Waals surface area contributed by atoms with Gasteiger partial charge in [0.15, 0.2) is 0 Å². The molecule has 102 valence electrons. The first-order chi connectivity index (χ1) is 9.59. The van der Waals surface area contributed by atoms with Gasteiger partial charge in [0.05, 0.1) is 12.7 Å². The van der Waals surface area contributed by atoms with Crippen LogP contribution in [0.1, 0.15) is 19.4 Å². The molecule has 2 heteroatoms. The molecule has 0 saturated carbocycles. The van der Waals surface area contributed by atoms with Crippen molar-refractivity contribution in [1.29, 1.82) is 0 Å². The highest BCUT2D eigenvalue weighted by Gasteiger charge is 2.24. The third-order valence-corrected chi connectivity index (χ3v) is 3.46. The van der Waals surface area contributed by atoms with Gasteiger partial charge < -0.3 is 9.47 Å². The van der Waals surface area contributed by atoms with E-state index in [1.165, 1.54) is 0 Å². The Bertz CT molecular complexity index is 655. The molecule has 0 saturated heterocycles. The zero-order valence-electron chi connectivity index (χ0n) is 12.0. The van der Waals surface area contributed by atoms with E-state index in [2.05, 4.69) is 36.4 Å². The lowest BCUT2D eigenvalue weighted by molar-refractivity contribution is 0.158. The van der Waals surface area contributed by atoms with Crippen LogP contribution in [0, 0.1) is 0 Å². The quantitative estimate of drug-likeness (QED) is 0.794. The van der Waals surface area contributed by atoms with Crippen LogP contribution < -0.4 is 9.47 Å². The fourth-order valence-electron chi connectivity index (χ4n) is 2.42. The van der Waals surface area contributed by atoms with E-state index in [0.29, 0.717) is 0 Å². The molecule has 0 N–H and O–H groups in total. The lowest BCUT2D eigenvalue weighted by atomic mass is 9.97. The molecule has 3 rings (SSSR count). The summed E-state index contributed by atoms with van der Waals surface area (Å²) in [6.07, 6.45) is 4.13. The van der Waals surface area contributed by atoms with Gasteiger partial charge in [0.2, 0.25) is 0 Å². The van der Waals surface area contributed by atoms with Gasteiger partial charge in [0.1, 0.15) is 17.1 Å². The second-order valence-corrected chi connectivity index (χ2v) is 5.50. The van der Waals surface area contributed by atoms with Crippen LogP contribution in [0.15, 0.2) is 48.5 Å². The second kappa shape index (κ2) is 4.71. The van der Waals surface area contributed by atoms with Crippen LogP contribution in [0.25, 0.3) is 17.2 Å². The van der Waals surface area contributed by atoms with Crippen molar-refractivity contribution in [2.24, 2.45) is 0 Å². The van der Waals surface area contributed by atoms with Crippen LogP contribution in [0.3, 0.4) is 0 Å². The molecule has 0 aromatic heterocycles. The number of methoxy groups -OCH3 is 1. The van der Waals surface area contributed by atoms with E-state index in [0.717, 1.165) is 28.2 Å². The minimum Gasteiger partial charge on any atom is -0.496 e. The van der Waals surface area contributed by atoms with E-state index in [9.17, 15) is 0 Å². The third-order valence-electron chi connectivity index (χ3n) is 3.46. The molecule has 2 aromatic rings. The largest absolute Gasteiger partial charge is 0.496 e. The zero-order valence-corrected chi connectivity index (χ0v) is 12.0. The number of fused-ring (bicyclic) bond motifs is 1. The van der Waals surface area contributed by atoms with Gasteiger partial charge in [-0.1, -0.05) is 30.3 Å². The van der Waals surface area contributed by atoms with Crippen molar-refractivity contribution in [3.63, 3.8) is 0 Å². The molecule has 0 radical (unpaired) electrons. The monoisotopic (exact) mass is 266 g/mol. The fourth-order valence-corrected chi connectivity index (χ4v) is 2.42. The summed E-state index contributed by atoms with van der Waals surface area (Å²) in [5.41, 5.74) is 2.98. The van der Waals surface area contributed by atoms with Crippen LogP contribution in [-0.2, 0) is 0 Å². The van der Waals surface area contributed by atoms with E-state index in [4.69, 9.17) is 9.47 Å². The normalized spacial score (nSPS) is 15.3. The average Bonchev–Trinajstić information content (AvgIpc) is 2.45. The number of rotatable bonds is 2. The number of benzene rings is 2. The van der Waals surface area contributed by atoms with Crippen LogP contribution in [0.2, 0.25) is 0 Å². The highest BCUT2D eigenvalue weighted by Crippen LogP contribution is 2.40. The van der Waals surface area contributed by atoms with Crippen molar-refractivity contribution in [2.45, 2.75) is 19.4 Å². The van der Waals surface area contributed by atoms with Crippen molar-refractivity contribution in [1.82, 2.24) is 0 Å². The molecule has 2 aromatic carbocycles. The van der Waals surface area contributed by atoms with Crippen molar-refractivity contribution >= 4 is 6.08 Å². The summed E-state index contributed by atoms with van der Waals surface area (Å²) < 4.78 is 11.6. The van der Waals surface area contributed by atoms with Crippen LogP contribution in [-0.4, -0.2) is 12.7 Å². The van der Waals surface area contributed by atoms with Gasteiger partial charge in [0, 0.05) is 0 Å². The van der Waals surface area contributed by atoms with E-state index >= 15 is 0 Å². The van der Waals surface area contributed by atoms with Crippen LogP contribution in [0.5, 0.6) is 11.5 Å². The molecule has 20 heavy (non-hydrogen) atoms. The molecule has 0 aliphatic carbocycles. The topological polar surface area (TPSA) is 18.5 Å². The molecule has 1 aliphatic rings. The van der Waals surface area contributed by atoms with Crippen molar-refractivity contribution in [2.75, 3.05) is 7.11 Å². The Morgan fingerprint density at radius 3 is 2.45 bits per heavy atom. The Balaban J connectivity index is 2.15. The van der Waals surface area contributed by atoms with Gasteiger partial charge in [-0.25, -0.2) is 0 Å². The molecule has 0 bridgehead atoms. The predicted octanol–water partition coefficient (Wildman–Crippen LogP) is 4.55. The Hall–Kier alpha value is -2.22. The van der Waals surface area contributed by atoms with Crippen molar-refractivity contribution < 1.29 is 9.47 Å². The summed E-state index contributed by atoms with van der Waals surface area (Å²) in [5.74, 6) is 1.71. The predicted molar refractivity (Wildman–Crippen MR) is 82.2 cm³/mol. The molecule has 1 heterocycles. The maximum Gasteiger partial charge on any atom is 0.132 e. The van der Waals surface area contributed by atoms with Crippen molar-refractivity contribution in [3.8, 4) is 22.6 Å². The smallest absolute Gasteiger partial charge is 0.132 e. The Morgan fingerprint density at radius 2 is 1.75 bits per heavy atom. The third kappa shape index (κ3) is 2.29. The SMILES string of the molecule is COc1cc(-c2ccccc2)cc2c1C=CC(C)(C)O2. The molecule has 0 spiro atoms. The standard InChI is InChI=1S/C18H18O2/c1-18(2)10-9-15-16(19-3)11-14(12-17(15)20-18)13-7-5-4-6-8-13/h4-12H,1-3H3. The summed E-state index contributed by atoms with van der Waals surface area (Å²) in [7, 11) is 1.69. The molecule has 2 nitrogen and oxygen atoms in total. The van der Waals surface area contributed by atoms with Crippen LogP contribution >= 0.6 is 0 Å². The van der Waals surface area contributed by atoms with Gasteiger partial charge >= 0.3 is 0 Å². The molecule has 0 fully saturated rings. The Morgan fingerprint density at radius 1 is 1.00 bits per heavy atom. The molecule has 0 unspecified atom stereocenters. The van der Waals surface area contributed by atoms with Crippen molar-refractivity contribution in [3.05, 3.63) is 54.1 Å². The summed E-state index contributed by atoms with van der Waals surface area (Å²) in [4.78, 5) is 0. The number of ether oxygens (including phenoxy) is 2. The van der Waals surface area contributed by atoms with E-state index in [1.54, 1.807) is 7.11 Å². The van der Waals surface area contributed by atoms with Gasteiger partial charge in [-0.15, -0.1) is 0 Å². The number of hydrogen-bond donors (Lipinski definition) is 0. The fraction of sp³-hybridized carbons (Fsp3) is 0.222. The summed E-state index contributed by atoms with van der Waals surface area (Å²) in [5, 5.41) is 0. The van der Waals surface area contributed by atoms with E-state index in [-0.39, 0.29) is 5.60 Å². The van der Waals surface area contributed by atoms with E-state index < -0.39 is 0 Å². The Kier molecular flexibility index (Phi) is 3.01. The van der Waals surface area contributed by atoms with Crippen LogP contribution in [0.4, 0.5) is 0 Å². The number of hydrogen-bond acceptors (Lipinski definition) is 2. The molecule has 1 aliphatic heterocycles. The van der Waals surface area contributed by atoms with Gasteiger partial charge in [-0.3, -0.25) is 0 Å². The summed E-state index contributed by atoms with van der Waals surface area (Å²) >= 11 is 0. The highest BCUT2D eigenvalue weighted by atomic mass is 16.5. The van der Waals surface area contributed by atoms with Gasteiger partial charge in [-0.2, -0.15) is 0 Å². The first kappa shape index (κ1) is 12.8. The van der Waals surface area contributed by atoms with E-state index in [1.807, 2.05) is 32.0 Å². The Labute approximate surface area is 119 Å². The molecule has 0 atom stereocenters. The summed E-state index contributed by atoms with van der Waals surface area (Å²) in [6.45, 7) is 4.10. The lowest BCUT2D eigenvalue weighted by Gasteiger charge is -2.29. The average molecular weight is 266 g/mol. The molecular weight excluding hydrogens is 248 g/mol. The highest BCUT2D eigenvalue weighted by molar-refractivity contribution is 5.75. The maximum atomic E-state index is 6.06. The lowest BCUT2D eigenvalue weighted by Crippen LogP contribution is -2.27. The minimum atomic E-state index is -0.284. The van der Waals surface area contributed by atoms with Gasteiger partial charge in [-0.05, 0) is 49.3 Å². The zero-order chi connectivity index (χ0) is 14.2.